The van der Waals surface area contributed by atoms with Crippen LogP contribution in [0, 0.1) is 0 Å². The zero-order valence-electron chi connectivity index (χ0n) is 11.3. The topological polar surface area (TPSA) is 76.4 Å². The van der Waals surface area contributed by atoms with E-state index < -0.39 is 0 Å². The van der Waals surface area contributed by atoms with Gasteiger partial charge in [0.1, 0.15) is 6.10 Å². The van der Waals surface area contributed by atoms with E-state index in [0.717, 1.165) is 32.4 Å². The molecular formula is C13H21N3O3. The van der Waals surface area contributed by atoms with Gasteiger partial charge in [0.25, 0.3) is 5.91 Å². The van der Waals surface area contributed by atoms with Crippen molar-refractivity contribution in [3.05, 3.63) is 17.8 Å². The van der Waals surface area contributed by atoms with Crippen molar-refractivity contribution in [2.24, 2.45) is 0 Å². The first kappa shape index (κ1) is 14.0. The van der Waals surface area contributed by atoms with E-state index in [9.17, 15) is 4.79 Å². The largest absolute Gasteiger partial charge is 0.445 e. The summed E-state index contributed by atoms with van der Waals surface area (Å²) in [5.41, 5.74) is 0.349. The molecule has 6 heteroatoms. The molecule has 1 aromatic rings. The second kappa shape index (κ2) is 7.25. The van der Waals surface area contributed by atoms with Crippen molar-refractivity contribution in [3.63, 3.8) is 0 Å². The molecule has 0 spiro atoms. The summed E-state index contributed by atoms with van der Waals surface area (Å²) in [5.74, 6) is 0.356. The summed E-state index contributed by atoms with van der Waals surface area (Å²) in [7, 11) is 0. The quantitative estimate of drug-likeness (QED) is 0.727. The number of nitrogens with zero attached hydrogens (tertiary/aromatic N) is 1. The summed E-state index contributed by atoms with van der Waals surface area (Å²) in [6, 6.07) is 0. The van der Waals surface area contributed by atoms with Gasteiger partial charge >= 0.3 is 0 Å². The first-order valence-electron chi connectivity index (χ1n) is 6.86. The Morgan fingerprint density at radius 1 is 1.47 bits per heavy atom. The van der Waals surface area contributed by atoms with Gasteiger partial charge in [-0.05, 0) is 25.8 Å². The molecule has 1 aliphatic heterocycles. The van der Waals surface area contributed by atoms with Crippen molar-refractivity contribution in [2.45, 2.75) is 32.3 Å². The number of oxazole rings is 1. The van der Waals surface area contributed by atoms with Crippen molar-refractivity contribution in [2.75, 3.05) is 26.2 Å². The lowest BCUT2D eigenvalue weighted by Crippen LogP contribution is -2.32. The third-order valence-electron chi connectivity index (χ3n) is 3.05. The van der Waals surface area contributed by atoms with Gasteiger partial charge in [-0.3, -0.25) is 4.79 Å². The summed E-state index contributed by atoms with van der Waals surface area (Å²) in [6.45, 7) is 5.12. The average molecular weight is 267 g/mol. The minimum absolute atomic E-state index is 0.124. The van der Waals surface area contributed by atoms with Crippen LogP contribution in [-0.4, -0.2) is 37.1 Å². The Labute approximate surface area is 112 Å². The van der Waals surface area contributed by atoms with Gasteiger partial charge in [-0.2, -0.15) is 0 Å². The second-order valence-corrected chi connectivity index (χ2v) is 4.57. The molecule has 1 aromatic heterocycles. The number of rotatable bonds is 7. The molecule has 2 rings (SSSR count). The Kier molecular flexibility index (Phi) is 5.35. The van der Waals surface area contributed by atoms with Crippen LogP contribution in [0.2, 0.25) is 0 Å². The second-order valence-electron chi connectivity index (χ2n) is 4.57. The molecule has 106 valence electrons. The summed E-state index contributed by atoms with van der Waals surface area (Å²) >= 11 is 0. The fourth-order valence-corrected chi connectivity index (χ4v) is 2.09. The Hall–Kier alpha value is -1.40. The molecule has 1 amide bonds. The molecule has 0 bridgehead atoms. The normalized spacial score (nSPS) is 18.7. The molecule has 2 N–H and O–H groups in total. The first-order chi connectivity index (χ1) is 9.33. The Morgan fingerprint density at radius 3 is 3.11 bits per heavy atom. The minimum Gasteiger partial charge on any atom is -0.445 e. The van der Waals surface area contributed by atoms with E-state index in [1.807, 2.05) is 0 Å². The molecule has 1 aliphatic rings. The summed E-state index contributed by atoms with van der Waals surface area (Å²) in [5, 5.41) is 6.05. The molecule has 2 heterocycles. The summed E-state index contributed by atoms with van der Waals surface area (Å²) < 4.78 is 10.8. The van der Waals surface area contributed by atoms with Gasteiger partial charge in [-0.1, -0.05) is 6.92 Å². The van der Waals surface area contributed by atoms with Crippen molar-refractivity contribution < 1.29 is 13.9 Å². The van der Waals surface area contributed by atoms with Gasteiger partial charge in [-0.25, -0.2) is 4.98 Å². The van der Waals surface area contributed by atoms with Crippen LogP contribution in [0.15, 0.2) is 10.8 Å². The van der Waals surface area contributed by atoms with Crippen LogP contribution in [0.25, 0.3) is 0 Å². The van der Waals surface area contributed by atoms with E-state index in [0.29, 0.717) is 24.6 Å². The monoisotopic (exact) mass is 267 g/mol. The lowest BCUT2D eigenvalue weighted by Gasteiger charge is -2.08. The molecule has 0 radical (unpaired) electrons. The molecule has 1 fully saturated rings. The van der Waals surface area contributed by atoms with Crippen molar-refractivity contribution >= 4 is 5.91 Å². The highest BCUT2D eigenvalue weighted by Crippen LogP contribution is 2.30. The highest BCUT2D eigenvalue weighted by Gasteiger charge is 2.27. The summed E-state index contributed by atoms with van der Waals surface area (Å²) in [6.07, 6.45) is 4.14. The number of nitrogens with one attached hydrogen (secondary N) is 2. The zero-order valence-corrected chi connectivity index (χ0v) is 11.3. The SMILES string of the molecule is CCCNCCNC(=O)c1ncoc1C1CCCO1. The van der Waals surface area contributed by atoms with Crippen molar-refractivity contribution in [3.8, 4) is 0 Å². The average Bonchev–Trinajstić information content (AvgIpc) is 3.08. The smallest absolute Gasteiger partial charge is 0.273 e. The molecular weight excluding hydrogens is 246 g/mol. The maximum atomic E-state index is 12.0. The molecule has 0 aliphatic carbocycles. The Bertz CT molecular complexity index is 400. The number of carbonyl (C=O) groups excluding carboxylic acids is 1. The fourth-order valence-electron chi connectivity index (χ4n) is 2.09. The predicted octanol–water partition coefficient (Wildman–Crippen LogP) is 1.26. The van der Waals surface area contributed by atoms with Gasteiger partial charge < -0.3 is 19.8 Å². The zero-order chi connectivity index (χ0) is 13.5. The minimum atomic E-state index is -0.197. The molecule has 1 saturated heterocycles. The van der Waals surface area contributed by atoms with Gasteiger partial charge in [0.05, 0.1) is 0 Å². The number of ether oxygens (including phenoxy) is 1. The maximum absolute atomic E-state index is 12.0. The van der Waals surface area contributed by atoms with Gasteiger partial charge in [0.15, 0.2) is 17.8 Å². The maximum Gasteiger partial charge on any atom is 0.273 e. The number of hydrogen-bond donors (Lipinski definition) is 2. The van der Waals surface area contributed by atoms with Gasteiger partial charge in [-0.15, -0.1) is 0 Å². The van der Waals surface area contributed by atoms with E-state index in [1.54, 1.807) is 0 Å². The molecule has 6 nitrogen and oxygen atoms in total. The molecule has 0 saturated carbocycles. The highest BCUT2D eigenvalue weighted by atomic mass is 16.5. The Morgan fingerprint density at radius 2 is 2.37 bits per heavy atom. The van der Waals surface area contributed by atoms with E-state index in [4.69, 9.17) is 9.15 Å². The lowest BCUT2D eigenvalue weighted by molar-refractivity contribution is 0.0862. The summed E-state index contributed by atoms with van der Waals surface area (Å²) in [4.78, 5) is 16.0. The number of amides is 1. The van der Waals surface area contributed by atoms with Crippen molar-refractivity contribution in [1.29, 1.82) is 0 Å². The highest BCUT2D eigenvalue weighted by molar-refractivity contribution is 5.93. The first-order valence-corrected chi connectivity index (χ1v) is 6.86. The third-order valence-corrected chi connectivity index (χ3v) is 3.05. The molecule has 1 unspecified atom stereocenters. The molecule has 19 heavy (non-hydrogen) atoms. The number of aromatic nitrogens is 1. The van der Waals surface area contributed by atoms with E-state index in [1.165, 1.54) is 6.39 Å². The van der Waals surface area contributed by atoms with Crippen LogP contribution in [-0.2, 0) is 4.74 Å². The lowest BCUT2D eigenvalue weighted by atomic mass is 10.1. The van der Waals surface area contributed by atoms with E-state index >= 15 is 0 Å². The van der Waals surface area contributed by atoms with Crippen LogP contribution in [0.3, 0.4) is 0 Å². The van der Waals surface area contributed by atoms with E-state index in [-0.39, 0.29) is 12.0 Å². The van der Waals surface area contributed by atoms with Crippen LogP contribution in [0.1, 0.15) is 48.5 Å². The Balaban J connectivity index is 1.83. The van der Waals surface area contributed by atoms with Crippen LogP contribution >= 0.6 is 0 Å². The molecule has 0 aromatic carbocycles. The number of hydrogen-bond acceptors (Lipinski definition) is 5. The van der Waals surface area contributed by atoms with Gasteiger partial charge in [0.2, 0.25) is 0 Å². The van der Waals surface area contributed by atoms with Crippen LogP contribution in [0.4, 0.5) is 0 Å². The standard InChI is InChI=1S/C13H21N3O3/c1-2-5-14-6-7-15-13(17)11-12(19-9-16-11)10-4-3-8-18-10/h9-10,14H,2-8H2,1H3,(H,15,17). The fraction of sp³-hybridized carbons (Fsp3) is 0.692. The predicted molar refractivity (Wildman–Crippen MR) is 69.9 cm³/mol. The van der Waals surface area contributed by atoms with Crippen LogP contribution in [0.5, 0.6) is 0 Å². The van der Waals surface area contributed by atoms with Gasteiger partial charge in [0, 0.05) is 19.7 Å². The third kappa shape index (κ3) is 3.78. The van der Waals surface area contributed by atoms with Crippen LogP contribution < -0.4 is 10.6 Å². The molecule has 1 atom stereocenters. The van der Waals surface area contributed by atoms with Crippen molar-refractivity contribution in [1.82, 2.24) is 15.6 Å². The number of carbonyl (C=O) groups is 1. The van der Waals surface area contributed by atoms with E-state index in [2.05, 4.69) is 22.5 Å².